The first-order valence-electron chi connectivity index (χ1n) is 10.7. The Kier molecular flexibility index (Phi) is 5.00. The molecule has 3 heterocycles. The Morgan fingerprint density at radius 1 is 0.853 bits per heavy atom. The maximum Gasteiger partial charge on any atom is 0.294 e. The molecule has 0 saturated heterocycles. The zero-order chi connectivity index (χ0) is 23.1. The van der Waals surface area contributed by atoms with Crippen LogP contribution < -0.4 is 11.1 Å². The first-order valence-corrected chi connectivity index (χ1v) is 11.7. The van der Waals surface area contributed by atoms with Gasteiger partial charge in [-0.1, -0.05) is 66.4 Å². The molecule has 166 valence electrons. The minimum atomic E-state index is -0.329. The molecule has 3 aromatic heterocycles. The molecule has 0 aliphatic rings. The summed E-state index contributed by atoms with van der Waals surface area (Å²) >= 11 is 1.36. The predicted octanol–water partition coefficient (Wildman–Crippen LogP) is 4.72. The number of hydrogen-bond acceptors (Lipinski definition) is 6. The van der Waals surface area contributed by atoms with Crippen molar-refractivity contribution in [3.8, 4) is 0 Å². The van der Waals surface area contributed by atoms with Crippen molar-refractivity contribution >= 4 is 44.7 Å². The van der Waals surface area contributed by atoms with Crippen molar-refractivity contribution in [2.24, 2.45) is 0 Å². The van der Waals surface area contributed by atoms with Gasteiger partial charge >= 0.3 is 0 Å². The van der Waals surface area contributed by atoms with Crippen molar-refractivity contribution in [2.45, 2.75) is 17.5 Å². The average Bonchev–Trinajstić information content (AvgIpc) is 3.25. The first kappa shape index (κ1) is 20.4. The van der Waals surface area contributed by atoms with E-state index in [1.807, 2.05) is 72.8 Å². The first-order chi connectivity index (χ1) is 16.7. The molecule has 0 spiro atoms. The number of nitrogens with one attached hydrogen (secondary N) is 1. The summed E-state index contributed by atoms with van der Waals surface area (Å²) in [6.07, 6.45) is 0. The van der Waals surface area contributed by atoms with Gasteiger partial charge in [-0.3, -0.25) is 14.2 Å². The monoisotopic (exact) mass is 466 g/mol. The second-order valence-corrected chi connectivity index (χ2v) is 8.81. The third-order valence-corrected chi connectivity index (χ3v) is 6.62. The number of nitrogens with zero attached hydrogens (tertiary/aromatic N) is 3. The molecule has 0 radical (unpaired) electrons. The number of fused-ring (bicyclic) bond motifs is 4. The lowest BCUT2D eigenvalue weighted by molar-refractivity contribution is 0.657. The zero-order valence-electron chi connectivity index (χ0n) is 17.9. The van der Waals surface area contributed by atoms with E-state index < -0.39 is 0 Å². The second kappa shape index (κ2) is 8.31. The van der Waals surface area contributed by atoms with Gasteiger partial charge in [0.1, 0.15) is 16.9 Å². The lowest BCUT2D eigenvalue weighted by atomic mass is 10.2. The summed E-state index contributed by atoms with van der Waals surface area (Å²) in [4.78, 5) is 38.2. The summed E-state index contributed by atoms with van der Waals surface area (Å²) in [5.41, 5.74) is 2.56. The van der Waals surface area contributed by atoms with E-state index in [0.717, 1.165) is 10.9 Å². The molecule has 8 heteroatoms. The summed E-state index contributed by atoms with van der Waals surface area (Å²) in [6, 6.07) is 24.5. The van der Waals surface area contributed by atoms with Gasteiger partial charge < -0.3 is 9.40 Å². The molecule has 0 aliphatic carbocycles. The van der Waals surface area contributed by atoms with E-state index in [0.29, 0.717) is 45.3 Å². The van der Waals surface area contributed by atoms with Crippen LogP contribution in [0.3, 0.4) is 0 Å². The highest BCUT2D eigenvalue weighted by Crippen LogP contribution is 2.26. The van der Waals surface area contributed by atoms with Crippen LogP contribution in [-0.2, 0) is 12.3 Å². The average molecular weight is 467 g/mol. The van der Waals surface area contributed by atoms with Crippen LogP contribution in [-0.4, -0.2) is 19.5 Å². The Balaban J connectivity index is 1.41. The molecule has 0 bridgehead atoms. The molecule has 1 N–H and O–H groups in total. The van der Waals surface area contributed by atoms with Gasteiger partial charge in [-0.15, -0.1) is 0 Å². The van der Waals surface area contributed by atoms with E-state index in [1.165, 1.54) is 11.8 Å². The van der Waals surface area contributed by atoms with Crippen LogP contribution in [0.1, 0.15) is 11.4 Å². The number of benzene rings is 3. The molecule has 0 saturated carbocycles. The summed E-state index contributed by atoms with van der Waals surface area (Å²) in [7, 11) is 0. The standard InChI is InChI=1S/C26H18N4O3S/c31-24-23-22(18-11-5-7-13-20(18)33-23)28-21(29-24)15-34-26-27-19-12-6-4-10-17(19)25(32)30(26)14-16-8-2-1-3-9-16/h1-13H,14-15H2,(H,28,29,31). The Labute approximate surface area is 197 Å². The largest absolute Gasteiger partial charge is 0.449 e. The Morgan fingerprint density at radius 2 is 1.59 bits per heavy atom. The number of thioether (sulfide) groups is 1. The van der Waals surface area contributed by atoms with Gasteiger partial charge in [-0.2, -0.15) is 0 Å². The SMILES string of the molecule is O=c1[nH]c(CSc2nc3ccccc3c(=O)n2Cc2ccccc2)nc2c1oc1ccccc12. The number of H-pyrrole nitrogens is 1. The summed E-state index contributed by atoms with van der Waals surface area (Å²) < 4.78 is 7.35. The van der Waals surface area contributed by atoms with Gasteiger partial charge in [0.2, 0.25) is 5.58 Å². The molecule has 6 aromatic rings. The smallest absolute Gasteiger partial charge is 0.294 e. The van der Waals surface area contributed by atoms with Gasteiger partial charge in [0.05, 0.1) is 23.2 Å². The molecule has 0 unspecified atom stereocenters. The highest BCUT2D eigenvalue weighted by Gasteiger charge is 2.16. The predicted molar refractivity (Wildman–Crippen MR) is 133 cm³/mol. The minimum Gasteiger partial charge on any atom is -0.449 e. The van der Waals surface area contributed by atoms with E-state index in [-0.39, 0.29) is 16.7 Å². The van der Waals surface area contributed by atoms with Crippen LogP contribution in [0.5, 0.6) is 0 Å². The number of aromatic nitrogens is 4. The summed E-state index contributed by atoms with van der Waals surface area (Å²) in [5, 5.41) is 1.92. The van der Waals surface area contributed by atoms with E-state index >= 15 is 0 Å². The Morgan fingerprint density at radius 3 is 2.44 bits per heavy atom. The maximum atomic E-state index is 13.3. The molecule has 0 atom stereocenters. The number of hydrogen-bond donors (Lipinski definition) is 1. The third kappa shape index (κ3) is 3.58. The molecule has 6 rings (SSSR count). The second-order valence-electron chi connectivity index (χ2n) is 7.87. The molecule has 3 aromatic carbocycles. The number of furan rings is 1. The molecule has 0 fully saturated rings. The number of aromatic amines is 1. The highest BCUT2D eigenvalue weighted by atomic mass is 32.2. The van der Waals surface area contributed by atoms with E-state index in [9.17, 15) is 9.59 Å². The summed E-state index contributed by atoms with van der Waals surface area (Å²) in [5.74, 6) is 0.826. The molecule has 7 nitrogen and oxygen atoms in total. The maximum absolute atomic E-state index is 13.3. The van der Waals surface area contributed by atoms with Gasteiger partial charge in [-0.25, -0.2) is 9.97 Å². The van der Waals surface area contributed by atoms with Gasteiger partial charge in [0.15, 0.2) is 5.16 Å². The van der Waals surface area contributed by atoms with Crippen LogP contribution in [0.25, 0.3) is 33.0 Å². The van der Waals surface area contributed by atoms with Crippen molar-refractivity contribution in [1.29, 1.82) is 0 Å². The molecule has 0 amide bonds. The fourth-order valence-electron chi connectivity index (χ4n) is 4.01. The van der Waals surface area contributed by atoms with Crippen molar-refractivity contribution < 1.29 is 4.42 Å². The van der Waals surface area contributed by atoms with Crippen LogP contribution in [0.2, 0.25) is 0 Å². The van der Waals surface area contributed by atoms with Crippen molar-refractivity contribution in [3.63, 3.8) is 0 Å². The molecular formula is C26H18N4O3S. The topological polar surface area (TPSA) is 93.8 Å². The normalized spacial score (nSPS) is 11.5. The quantitative estimate of drug-likeness (QED) is 0.292. The highest BCUT2D eigenvalue weighted by molar-refractivity contribution is 7.98. The van der Waals surface area contributed by atoms with Crippen LogP contribution >= 0.6 is 11.8 Å². The van der Waals surface area contributed by atoms with Crippen LogP contribution in [0.4, 0.5) is 0 Å². The van der Waals surface area contributed by atoms with E-state index in [1.54, 1.807) is 10.6 Å². The number of rotatable bonds is 5. The van der Waals surface area contributed by atoms with Crippen molar-refractivity contribution in [3.05, 3.63) is 111 Å². The van der Waals surface area contributed by atoms with Crippen molar-refractivity contribution in [2.75, 3.05) is 0 Å². The molecule has 0 aliphatic heterocycles. The van der Waals surface area contributed by atoms with E-state index in [4.69, 9.17) is 9.40 Å². The minimum absolute atomic E-state index is 0.102. The third-order valence-electron chi connectivity index (χ3n) is 5.63. The Hall–Kier alpha value is -4.17. The van der Waals surface area contributed by atoms with Crippen LogP contribution in [0.15, 0.2) is 98.0 Å². The lowest BCUT2D eigenvalue weighted by Crippen LogP contribution is -2.24. The van der Waals surface area contributed by atoms with Gasteiger partial charge in [-0.05, 0) is 29.8 Å². The van der Waals surface area contributed by atoms with Gasteiger partial charge in [0.25, 0.3) is 11.1 Å². The van der Waals surface area contributed by atoms with E-state index in [2.05, 4.69) is 9.97 Å². The van der Waals surface area contributed by atoms with Crippen LogP contribution in [0, 0.1) is 0 Å². The zero-order valence-corrected chi connectivity index (χ0v) is 18.7. The Bertz CT molecular complexity index is 1790. The molecule has 34 heavy (non-hydrogen) atoms. The number of para-hydroxylation sites is 2. The van der Waals surface area contributed by atoms with Crippen molar-refractivity contribution in [1.82, 2.24) is 19.5 Å². The lowest BCUT2D eigenvalue weighted by Gasteiger charge is -2.13. The van der Waals surface area contributed by atoms with Gasteiger partial charge in [0, 0.05) is 5.39 Å². The fraction of sp³-hybridized carbons (Fsp3) is 0.0769. The molecular weight excluding hydrogens is 448 g/mol. The fourth-order valence-corrected chi connectivity index (χ4v) is 4.88. The summed E-state index contributed by atoms with van der Waals surface area (Å²) in [6.45, 7) is 0.398.